The third-order valence-electron chi connectivity index (χ3n) is 4.76. The third kappa shape index (κ3) is 5.82. The van der Waals surface area contributed by atoms with Crippen LogP contribution >= 0.6 is 11.6 Å². The summed E-state index contributed by atoms with van der Waals surface area (Å²) in [7, 11) is 0. The number of aliphatic hydroxyl groups is 1. The predicted molar refractivity (Wildman–Crippen MR) is 114 cm³/mol. The fraction of sp³-hybridized carbons (Fsp3) is 0.238. The third-order valence-corrected chi connectivity index (χ3v) is 5.07. The van der Waals surface area contributed by atoms with Gasteiger partial charge in [0.05, 0.1) is 12.6 Å². The minimum absolute atomic E-state index is 0.0419. The normalized spacial score (nSPS) is 12.2. The number of halogens is 3. The van der Waals surface area contributed by atoms with E-state index >= 15 is 0 Å². The molecule has 0 aliphatic heterocycles. The Morgan fingerprint density at radius 3 is 2.61 bits per heavy atom. The van der Waals surface area contributed by atoms with E-state index in [0.29, 0.717) is 5.56 Å². The zero-order chi connectivity index (χ0) is 24.0. The molecular weight excluding hydrogens is 460 g/mol. The molecule has 1 amide bonds. The Bertz CT molecular complexity index is 1180. The number of nitrogens with zero attached hydrogens (tertiary/aromatic N) is 2. The minimum atomic E-state index is -3.59. The number of carbonyl (C=O) groups is 1. The van der Waals surface area contributed by atoms with Crippen LogP contribution in [0.25, 0.3) is 0 Å². The molecule has 0 radical (unpaired) electrons. The van der Waals surface area contributed by atoms with E-state index in [1.165, 1.54) is 12.1 Å². The van der Waals surface area contributed by atoms with Crippen molar-refractivity contribution in [1.29, 1.82) is 0 Å². The number of aromatic amines is 1. The van der Waals surface area contributed by atoms with Crippen molar-refractivity contribution in [2.45, 2.75) is 18.5 Å². The smallest absolute Gasteiger partial charge is 0.367 e. The van der Waals surface area contributed by atoms with Gasteiger partial charge in [-0.1, -0.05) is 41.9 Å². The zero-order valence-electron chi connectivity index (χ0n) is 17.2. The van der Waals surface area contributed by atoms with E-state index in [4.69, 9.17) is 11.6 Å². The topological polar surface area (TPSA) is 124 Å². The van der Waals surface area contributed by atoms with Crippen LogP contribution in [0.3, 0.4) is 0 Å². The molecule has 4 N–H and O–H groups in total. The number of pyridine rings is 1. The molecule has 0 spiro atoms. The van der Waals surface area contributed by atoms with Crippen molar-refractivity contribution in [2.75, 3.05) is 18.5 Å². The van der Waals surface area contributed by atoms with Crippen molar-refractivity contribution in [3.8, 4) is 0 Å². The highest BCUT2D eigenvalue weighted by molar-refractivity contribution is 6.29. The summed E-state index contributed by atoms with van der Waals surface area (Å²) in [5.74, 6) is -4.56. The van der Waals surface area contributed by atoms with Crippen LogP contribution in [0.5, 0.6) is 0 Å². The second-order valence-corrected chi connectivity index (χ2v) is 7.45. The van der Waals surface area contributed by atoms with Crippen LogP contribution in [0.2, 0.25) is 5.15 Å². The summed E-state index contributed by atoms with van der Waals surface area (Å²) in [5, 5.41) is 26.0. The first-order chi connectivity index (χ1) is 15.7. The lowest BCUT2D eigenvalue weighted by Gasteiger charge is -2.17. The Kier molecular flexibility index (Phi) is 7.56. The lowest BCUT2D eigenvalue weighted by Crippen LogP contribution is -2.43. The number of aliphatic hydroxyl groups excluding tert-OH is 1. The molecule has 0 saturated carbocycles. The van der Waals surface area contributed by atoms with Gasteiger partial charge in [-0.3, -0.25) is 19.5 Å². The van der Waals surface area contributed by atoms with E-state index in [9.17, 15) is 28.7 Å². The highest BCUT2D eigenvalue weighted by atomic mass is 35.5. The SMILES string of the molecule is O=C(Cn1c(Cl)c[nH+]c(NCC(F)(F)c2cccc[n+]2[O-])c1=O)N[C@H](CO)c1ccccc1. The van der Waals surface area contributed by atoms with Gasteiger partial charge in [-0.25, -0.2) is 4.98 Å². The summed E-state index contributed by atoms with van der Waals surface area (Å²) in [6.45, 7) is -1.94. The highest BCUT2D eigenvalue weighted by Crippen LogP contribution is 2.24. The first-order valence-corrected chi connectivity index (χ1v) is 10.2. The first kappa shape index (κ1) is 24.1. The number of alkyl halides is 2. The second-order valence-electron chi connectivity index (χ2n) is 7.06. The molecule has 12 heteroatoms. The highest BCUT2D eigenvalue weighted by Gasteiger charge is 2.41. The second kappa shape index (κ2) is 10.4. The van der Waals surface area contributed by atoms with Gasteiger partial charge < -0.3 is 15.6 Å². The number of benzene rings is 1. The van der Waals surface area contributed by atoms with Crippen molar-refractivity contribution in [2.24, 2.45) is 0 Å². The predicted octanol–water partition coefficient (Wildman–Crippen LogP) is 1.00. The number of rotatable bonds is 9. The lowest BCUT2D eigenvalue weighted by molar-refractivity contribution is -0.624. The number of nitrogens with one attached hydrogen (secondary N) is 3. The van der Waals surface area contributed by atoms with Crippen LogP contribution in [-0.2, 0) is 17.3 Å². The molecule has 174 valence electrons. The zero-order valence-corrected chi connectivity index (χ0v) is 17.9. The first-order valence-electron chi connectivity index (χ1n) is 9.79. The standard InChI is InChI=1S/C21H20ClF2N5O4/c22-17-10-25-19(26-13-21(23,24)16-8-4-5-9-29(16)33)20(32)28(17)11-18(31)27-15(12-30)14-6-2-1-3-7-14/h1-10,15,30H,11-13H2,(H,25,26)(H,27,31)/p+1/t15-/m1/s1. The maximum absolute atomic E-state index is 14.4. The van der Waals surface area contributed by atoms with Gasteiger partial charge in [0, 0.05) is 12.1 Å². The molecule has 3 aromatic rings. The molecule has 1 aromatic carbocycles. The molecular formula is C21H21ClF2N5O4+. The summed E-state index contributed by atoms with van der Waals surface area (Å²) < 4.78 is 29.8. The molecule has 0 aliphatic rings. The fourth-order valence-electron chi connectivity index (χ4n) is 3.08. The Morgan fingerprint density at radius 1 is 1.24 bits per heavy atom. The number of anilines is 1. The quantitative estimate of drug-likeness (QED) is 0.311. The number of hydrogen-bond donors (Lipinski definition) is 3. The Morgan fingerprint density at radius 2 is 1.94 bits per heavy atom. The van der Waals surface area contributed by atoms with Crippen LogP contribution in [0.15, 0.2) is 65.7 Å². The van der Waals surface area contributed by atoms with Gasteiger partial charge in [-0.2, -0.15) is 13.5 Å². The molecule has 1 atom stereocenters. The number of aromatic nitrogens is 3. The van der Waals surface area contributed by atoms with Gasteiger partial charge in [0.15, 0.2) is 17.9 Å². The van der Waals surface area contributed by atoms with Gasteiger partial charge >= 0.3 is 17.3 Å². The average molecular weight is 481 g/mol. The number of H-pyrrole nitrogens is 1. The fourth-order valence-corrected chi connectivity index (χ4v) is 3.27. The van der Waals surface area contributed by atoms with Crippen LogP contribution in [0.4, 0.5) is 14.6 Å². The lowest BCUT2D eigenvalue weighted by atomic mass is 10.1. The summed E-state index contributed by atoms with van der Waals surface area (Å²) in [6.07, 6.45) is 2.10. The summed E-state index contributed by atoms with van der Waals surface area (Å²) in [4.78, 5) is 27.7. The maximum Gasteiger partial charge on any atom is 0.367 e. The molecule has 33 heavy (non-hydrogen) atoms. The molecule has 2 heterocycles. The molecule has 0 fully saturated rings. The molecule has 0 bridgehead atoms. The largest absolute Gasteiger partial charge is 0.618 e. The molecule has 3 rings (SSSR count). The molecule has 0 aliphatic carbocycles. The summed E-state index contributed by atoms with van der Waals surface area (Å²) >= 11 is 6.02. The van der Waals surface area contributed by atoms with E-state index in [-0.39, 0.29) is 22.3 Å². The van der Waals surface area contributed by atoms with E-state index < -0.39 is 42.2 Å². The van der Waals surface area contributed by atoms with E-state index in [1.54, 1.807) is 30.3 Å². The van der Waals surface area contributed by atoms with Crippen molar-refractivity contribution >= 4 is 23.3 Å². The minimum Gasteiger partial charge on any atom is -0.618 e. The molecule has 0 saturated heterocycles. The van der Waals surface area contributed by atoms with Crippen molar-refractivity contribution in [3.63, 3.8) is 0 Å². The van der Waals surface area contributed by atoms with Gasteiger partial charge in [0.1, 0.15) is 12.7 Å². The average Bonchev–Trinajstić information content (AvgIpc) is 2.80. The van der Waals surface area contributed by atoms with Crippen molar-refractivity contribution in [1.82, 2.24) is 9.88 Å². The van der Waals surface area contributed by atoms with Crippen molar-refractivity contribution < 1.29 is 28.4 Å². The Balaban J connectivity index is 1.74. The Hall–Kier alpha value is -3.57. The molecule has 0 unspecified atom stereocenters. The van der Waals surface area contributed by atoms with Gasteiger partial charge in [0.25, 0.3) is 5.69 Å². The van der Waals surface area contributed by atoms with Crippen molar-refractivity contribution in [3.05, 3.63) is 92.9 Å². The summed E-state index contributed by atoms with van der Waals surface area (Å²) in [5.41, 5.74) is -0.979. The molecule has 9 nitrogen and oxygen atoms in total. The number of carbonyl (C=O) groups excluding carboxylic acids is 1. The number of hydrogen-bond acceptors (Lipinski definition) is 5. The van der Waals surface area contributed by atoms with Gasteiger partial charge in [0.2, 0.25) is 5.91 Å². The summed E-state index contributed by atoms with van der Waals surface area (Å²) in [6, 6.07) is 11.6. The van der Waals surface area contributed by atoms with Crippen LogP contribution in [0.1, 0.15) is 17.3 Å². The van der Waals surface area contributed by atoms with E-state index in [2.05, 4.69) is 15.6 Å². The van der Waals surface area contributed by atoms with Crippen LogP contribution in [0, 0.1) is 5.21 Å². The monoisotopic (exact) mass is 480 g/mol. The maximum atomic E-state index is 14.4. The van der Waals surface area contributed by atoms with Gasteiger partial charge in [-0.05, 0) is 11.6 Å². The van der Waals surface area contributed by atoms with Crippen LogP contribution < -0.4 is 25.9 Å². The van der Waals surface area contributed by atoms with Gasteiger partial charge in [-0.15, -0.1) is 0 Å². The van der Waals surface area contributed by atoms with E-state index in [0.717, 1.165) is 23.0 Å². The number of amides is 1. The van der Waals surface area contributed by atoms with Crippen LogP contribution in [-0.4, -0.2) is 28.7 Å². The molecule has 2 aromatic heterocycles. The van der Waals surface area contributed by atoms with E-state index in [1.807, 2.05) is 0 Å². The Labute approximate surface area is 191 Å².